The Balaban J connectivity index is 3.59. The van der Waals surface area contributed by atoms with Crippen molar-refractivity contribution in [2.45, 2.75) is 125 Å². The van der Waals surface area contributed by atoms with Gasteiger partial charge in [0.1, 0.15) is 17.7 Å². The number of ether oxygens (including phenoxy) is 1. The maximum Gasteiger partial charge on any atom is 0.408 e. The molecule has 210 valence electrons. The number of hydrogen-bond acceptors (Lipinski definition) is 4. The molecule has 0 saturated carbocycles. The van der Waals surface area contributed by atoms with Crippen LogP contribution in [-0.4, -0.2) is 46.5 Å². The number of nitrogens with one attached hydrogen (secondary N) is 2. The van der Waals surface area contributed by atoms with Crippen LogP contribution < -0.4 is 10.6 Å². The van der Waals surface area contributed by atoms with Crippen molar-refractivity contribution in [2.24, 2.45) is 11.8 Å². The molecule has 3 unspecified atom stereocenters. The van der Waals surface area contributed by atoms with Crippen LogP contribution in [0.2, 0.25) is 0 Å². The number of rotatable bonds is 12. The summed E-state index contributed by atoms with van der Waals surface area (Å²) in [5, 5.41) is 5.81. The summed E-state index contributed by atoms with van der Waals surface area (Å²) in [5.41, 5.74) is 1.21. The van der Waals surface area contributed by atoms with E-state index < -0.39 is 23.8 Å². The molecule has 0 radical (unpaired) electrons. The quantitative estimate of drug-likeness (QED) is 0.355. The summed E-state index contributed by atoms with van der Waals surface area (Å²) in [7, 11) is 0. The molecule has 0 aliphatic heterocycles. The van der Waals surface area contributed by atoms with Crippen LogP contribution in [0.4, 0.5) is 4.79 Å². The molecule has 3 atom stereocenters. The number of benzene rings is 1. The average molecular weight is 518 g/mol. The van der Waals surface area contributed by atoms with Gasteiger partial charge >= 0.3 is 6.09 Å². The fraction of sp³-hybridized carbons (Fsp3) is 0.700. The van der Waals surface area contributed by atoms with E-state index in [2.05, 4.69) is 31.4 Å². The largest absolute Gasteiger partial charge is 0.444 e. The summed E-state index contributed by atoms with van der Waals surface area (Å²) in [6.45, 7) is 21.3. The van der Waals surface area contributed by atoms with Gasteiger partial charge in [-0.15, -0.1) is 0 Å². The summed E-state index contributed by atoms with van der Waals surface area (Å²) in [5.74, 6) is -0.285. The van der Waals surface area contributed by atoms with E-state index in [0.29, 0.717) is 5.92 Å². The van der Waals surface area contributed by atoms with Crippen molar-refractivity contribution in [3.05, 3.63) is 35.4 Å². The van der Waals surface area contributed by atoms with E-state index in [9.17, 15) is 14.4 Å². The third-order valence-corrected chi connectivity index (χ3v) is 6.16. The van der Waals surface area contributed by atoms with Crippen LogP contribution in [0, 0.1) is 11.8 Å². The Kier molecular flexibility index (Phi) is 12.6. The summed E-state index contributed by atoms with van der Waals surface area (Å²) in [6, 6.07) is 5.88. The maximum atomic E-state index is 14.3. The first-order valence-corrected chi connectivity index (χ1v) is 13.8. The van der Waals surface area contributed by atoms with Gasteiger partial charge in [0.25, 0.3) is 0 Å². The molecule has 7 heteroatoms. The van der Waals surface area contributed by atoms with Crippen LogP contribution in [-0.2, 0) is 20.7 Å². The highest BCUT2D eigenvalue weighted by molar-refractivity contribution is 5.92. The van der Waals surface area contributed by atoms with Gasteiger partial charge in [0, 0.05) is 12.1 Å². The van der Waals surface area contributed by atoms with Crippen molar-refractivity contribution in [2.75, 3.05) is 0 Å². The normalized spacial score (nSPS) is 14.3. The Morgan fingerprint density at radius 1 is 0.892 bits per heavy atom. The lowest BCUT2D eigenvalue weighted by atomic mass is 9.94. The van der Waals surface area contributed by atoms with Gasteiger partial charge in [-0.05, 0) is 83.8 Å². The van der Waals surface area contributed by atoms with E-state index in [0.717, 1.165) is 30.4 Å². The average Bonchev–Trinajstić information content (AvgIpc) is 2.77. The molecule has 2 N–H and O–H groups in total. The number of aryl methyl sites for hydroxylation is 1. The summed E-state index contributed by atoms with van der Waals surface area (Å²) in [4.78, 5) is 42.3. The van der Waals surface area contributed by atoms with E-state index in [-0.39, 0.29) is 29.8 Å². The van der Waals surface area contributed by atoms with E-state index >= 15 is 0 Å². The first-order chi connectivity index (χ1) is 17.1. The van der Waals surface area contributed by atoms with Crippen LogP contribution >= 0.6 is 0 Å². The lowest BCUT2D eigenvalue weighted by Gasteiger charge is -2.40. The number of alkyl carbamates (subject to hydrolysis) is 1. The van der Waals surface area contributed by atoms with Gasteiger partial charge in [0.2, 0.25) is 11.8 Å². The van der Waals surface area contributed by atoms with Crippen molar-refractivity contribution in [3.63, 3.8) is 0 Å². The molecule has 0 fully saturated rings. The highest BCUT2D eigenvalue weighted by atomic mass is 16.6. The van der Waals surface area contributed by atoms with E-state index in [1.165, 1.54) is 0 Å². The zero-order valence-corrected chi connectivity index (χ0v) is 25.0. The summed E-state index contributed by atoms with van der Waals surface area (Å²) < 4.78 is 5.46. The Morgan fingerprint density at radius 2 is 1.46 bits per heavy atom. The molecule has 0 aliphatic carbocycles. The van der Waals surface area contributed by atoms with Crippen LogP contribution in [0.3, 0.4) is 0 Å². The van der Waals surface area contributed by atoms with Crippen molar-refractivity contribution in [1.29, 1.82) is 0 Å². The topological polar surface area (TPSA) is 87.7 Å². The molecule has 0 saturated heterocycles. The van der Waals surface area contributed by atoms with Crippen molar-refractivity contribution >= 4 is 17.9 Å². The molecular weight excluding hydrogens is 466 g/mol. The molecule has 0 bridgehead atoms. The number of nitrogens with zero attached hydrogens (tertiary/aromatic N) is 1. The molecule has 37 heavy (non-hydrogen) atoms. The Bertz CT molecular complexity index is 872. The van der Waals surface area contributed by atoms with Crippen molar-refractivity contribution in [3.8, 4) is 0 Å². The lowest BCUT2D eigenvalue weighted by Crippen LogP contribution is -2.57. The minimum absolute atomic E-state index is 0.0892. The highest BCUT2D eigenvalue weighted by Crippen LogP contribution is 2.29. The van der Waals surface area contributed by atoms with E-state index in [1.807, 2.05) is 58.9 Å². The molecule has 0 heterocycles. The maximum absolute atomic E-state index is 14.3. The highest BCUT2D eigenvalue weighted by Gasteiger charge is 2.40. The van der Waals surface area contributed by atoms with Gasteiger partial charge in [-0.1, -0.05) is 58.9 Å². The number of carbonyl (C=O) groups excluding carboxylic acids is 3. The zero-order valence-electron chi connectivity index (χ0n) is 25.0. The van der Waals surface area contributed by atoms with Crippen LogP contribution in [0.25, 0.3) is 0 Å². The first kappa shape index (κ1) is 32.5. The smallest absolute Gasteiger partial charge is 0.408 e. The second-order valence-corrected chi connectivity index (χ2v) is 12.1. The van der Waals surface area contributed by atoms with Crippen LogP contribution in [0.5, 0.6) is 0 Å². The molecule has 0 aromatic heterocycles. The SMILES string of the molecule is CCc1ccc(C(C(=O)NC(C)C)N(C(=O)C(NC(=O)OC(C)(C)C)C(C)C)C(C)CCC(C)C)cc1. The second-order valence-electron chi connectivity index (χ2n) is 12.1. The Morgan fingerprint density at radius 3 is 1.89 bits per heavy atom. The molecule has 3 amide bonds. The number of hydrogen-bond donors (Lipinski definition) is 2. The predicted molar refractivity (Wildman–Crippen MR) is 150 cm³/mol. The summed E-state index contributed by atoms with van der Waals surface area (Å²) >= 11 is 0. The van der Waals surface area contributed by atoms with Crippen molar-refractivity contribution < 1.29 is 19.1 Å². The standard InChI is InChI=1S/C30H51N3O4/c1-12-23-15-17-24(18-16-23)26(27(34)31-21(6)7)33(22(8)14-13-19(2)3)28(35)25(20(4)5)32-29(36)37-30(9,10)11/h15-22,25-26H,12-14H2,1-11H3,(H,31,34)(H,32,36). The van der Waals surface area contributed by atoms with E-state index in [1.54, 1.807) is 25.7 Å². The van der Waals surface area contributed by atoms with Gasteiger partial charge in [-0.2, -0.15) is 0 Å². The first-order valence-electron chi connectivity index (χ1n) is 13.8. The van der Waals surface area contributed by atoms with Gasteiger partial charge < -0.3 is 20.3 Å². The van der Waals surface area contributed by atoms with Gasteiger partial charge in [0.05, 0.1) is 0 Å². The van der Waals surface area contributed by atoms with Gasteiger partial charge in [-0.25, -0.2) is 4.79 Å². The van der Waals surface area contributed by atoms with Gasteiger partial charge in [0.15, 0.2) is 0 Å². The zero-order chi connectivity index (χ0) is 28.5. The lowest BCUT2D eigenvalue weighted by molar-refractivity contribution is -0.146. The van der Waals surface area contributed by atoms with Crippen LogP contribution in [0.15, 0.2) is 24.3 Å². The Labute approximate surface area is 225 Å². The minimum atomic E-state index is -0.847. The number of amides is 3. The molecule has 0 spiro atoms. The Hall–Kier alpha value is -2.57. The predicted octanol–water partition coefficient (Wildman–Crippen LogP) is 6.02. The second kappa shape index (κ2) is 14.4. The molecule has 1 aromatic carbocycles. The fourth-order valence-corrected chi connectivity index (χ4v) is 4.16. The fourth-order valence-electron chi connectivity index (χ4n) is 4.16. The van der Waals surface area contributed by atoms with Gasteiger partial charge in [-0.3, -0.25) is 9.59 Å². The third kappa shape index (κ3) is 10.7. The molecule has 7 nitrogen and oxygen atoms in total. The monoisotopic (exact) mass is 517 g/mol. The number of carbonyl (C=O) groups is 3. The van der Waals surface area contributed by atoms with E-state index in [4.69, 9.17) is 4.74 Å². The molecule has 0 aliphatic rings. The molecule has 1 rings (SSSR count). The minimum Gasteiger partial charge on any atom is -0.444 e. The molecule has 1 aromatic rings. The van der Waals surface area contributed by atoms with Crippen molar-refractivity contribution in [1.82, 2.24) is 15.5 Å². The molecular formula is C30H51N3O4. The summed E-state index contributed by atoms with van der Waals surface area (Å²) in [6.07, 6.45) is 1.87. The third-order valence-electron chi connectivity index (χ3n) is 6.16. The van der Waals surface area contributed by atoms with Crippen LogP contribution in [0.1, 0.15) is 106 Å².